The number of aliphatic hydroxyl groups is 2. The van der Waals surface area contributed by atoms with Crippen molar-refractivity contribution in [3.8, 4) is 0 Å². The quantitative estimate of drug-likeness (QED) is 0.363. The van der Waals surface area contributed by atoms with Crippen molar-refractivity contribution in [3.63, 3.8) is 0 Å². The molecular formula is C17H17F2IN2O4. The van der Waals surface area contributed by atoms with Crippen LogP contribution in [0.4, 0.5) is 20.2 Å². The number of hydrogen-bond acceptors (Lipinski definition) is 5. The highest BCUT2D eigenvalue weighted by molar-refractivity contribution is 14.1. The number of hydrogen-bond donors (Lipinski definition) is 4. The summed E-state index contributed by atoms with van der Waals surface area (Å²) < 4.78 is 28.3. The summed E-state index contributed by atoms with van der Waals surface area (Å²) in [5.74, 6) is -3.13. The molecule has 0 heterocycles. The van der Waals surface area contributed by atoms with E-state index < -0.39 is 30.3 Å². The fourth-order valence-corrected chi connectivity index (χ4v) is 2.71. The van der Waals surface area contributed by atoms with E-state index in [9.17, 15) is 18.7 Å². The van der Waals surface area contributed by atoms with Gasteiger partial charge in [-0.3, -0.25) is 9.63 Å². The molecule has 0 saturated carbocycles. The fourth-order valence-electron chi connectivity index (χ4n) is 2.06. The molecule has 0 aliphatic heterocycles. The monoisotopic (exact) mass is 478 g/mol. The van der Waals surface area contributed by atoms with Crippen LogP contribution >= 0.6 is 22.6 Å². The number of anilines is 2. The lowest BCUT2D eigenvalue weighted by molar-refractivity contribution is -0.0295. The molecule has 0 saturated heterocycles. The van der Waals surface area contributed by atoms with Crippen LogP contribution in [0.15, 0.2) is 30.3 Å². The second-order valence-electron chi connectivity index (χ2n) is 5.47. The lowest BCUT2D eigenvalue weighted by Crippen LogP contribution is -2.30. The Kier molecular flexibility index (Phi) is 7.26. The Morgan fingerprint density at radius 1 is 1.23 bits per heavy atom. The largest absolute Gasteiger partial charge is 0.394 e. The number of halogens is 3. The Labute approximate surface area is 162 Å². The molecule has 9 heteroatoms. The second kappa shape index (κ2) is 9.21. The summed E-state index contributed by atoms with van der Waals surface area (Å²) in [5, 5.41) is 20.8. The van der Waals surface area contributed by atoms with Crippen molar-refractivity contribution >= 4 is 39.9 Å². The molecule has 1 amide bonds. The zero-order chi connectivity index (χ0) is 19.3. The van der Waals surface area contributed by atoms with Crippen LogP contribution in [0, 0.1) is 22.1 Å². The van der Waals surface area contributed by atoms with Gasteiger partial charge in [0.1, 0.15) is 12.7 Å². The summed E-state index contributed by atoms with van der Waals surface area (Å²) in [7, 11) is 0. The van der Waals surface area contributed by atoms with Gasteiger partial charge in [0.2, 0.25) is 0 Å². The molecule has 2 aromatic rings. The first kappa shape index (κ1) is 20.5. The number of rotatable bonds is 7. The van der Waals surface area contributed by atoms with E-state index >= 15 is 0 Å². The summed E-state index contributed by atoms with van der Waals surface area (Å²) in [4.78, 5) is 17.0. The first-order valence-corrected chi connectivity index (χ1v) is 8.63. The van der Waals surface area contributed by atoms with Gasteiger partial charge in [0.15, 0.2) is 11.6 Å². The maximum absolute atomic E-state index is 13.7. The van der Waals surface area contributed by atoms with Crippen LogP contribution in [-0.4, -0.2) is 35.4 Å². The molecule has 6 nitrogen and oxygen atoms in total. The first-order chi connectivity index (χ1) is 12.3. The first-order valence-electron chi connectivity index (χ1n) is 7.55. The average Bonchev–Trinajstić information content (AvgIpc) is 2.59. The third-order valence-electron chi connectivity index (χ3n) is 3.41. The van der Waals surface area contributed by atoms with E-state index in [0.29, 0.717) is 5.69 Å². The van der Waals surface area contributed by atoms with Gasteiger partial charge in [0, 0.05) is 15.3 Å². The van der Waals surface area contributed by atoms with Gasteiger partial charge >= 0.3 is 0 Å². The minimum Gasteiger partial charge on any atom is -0.394 e. The molecule has 2 aromatic carbocycles. The van der Waals surface area contributed by atoms with E-state index in [2.05, 4.69) is 27.9 Å². The van der Waals surface area contributed by atoms with Crippen LogP contribution in [0.5, 0.6) is 0 Å². The van der Waals surface area contributed by atoms with E-state index in [1.54, 1.807) is 6.07 Å². The molecular weight excluding hydrogens is 461 g/mol. The van der Waals surface area contributed by atoms with Crippen molar-refractivity contribution in [2.75, 3.05) is 18.5 Å². The molecule has 0 radical (unpaired) electrons. The molecule has 1 atom stereocenters. The lowest BCUT2D eigenvalue weighted by Gasteiger charge is -2.15. The normalized spacial score (nSPS) is 11.9. The lowest BCUT2D eigenvalue weighted by atomic mass is 10.1. The molecule has 2 rings (SSSR count). The number of carbonyl (C=O) groups excluding carboxylic acids is 1. The number of benzene rings is 2. The summed E-state index contributed by atoms with van der Waals surface area (Å²) in [6, 6.07) is 7.11. The Bertz CT molecular complexity index is 805. The maximum Gasteiger partial charge on any atom is 0.277 e. The Hall–Kier alpha value is -1.82. The molecule has 0 fully saturated rings. The van der Waals surface area contributed by atoms with E-state index in [0.717, 1.165) is 21.3 Å². The molecule has 0 aliphatic rings. The number of hydroxylamine groups is 1. The van der Waals surface area contributed by atoms with E-state index in [1.807, 2.05) is 24.5 Å². The predicted octanol–water partition coefficient (Wildman–Crippen LogP) is 2.64. The summed E-state index contributed by atoms with van der Waals surface area (Å²) in [6.07, 6.45) is -1.17. The fraction of sp³-hybridized carbons (Fsp3) is 0.235. The van der Waals surface area contributed by atoms with Crippen molar-refractivity contribution in [2.45, 2.75) is 13.0 Å². The molecule has 26 heavy (non-hydrogen) atoms. The summed E-state index contributed by atoms with van der Waals surface area (Å²) in [5.41, 5.74) is 3.38. The second-order valence-corrected chi connectivity index (χ2v) is 6.72. The van der Waals surface area contributed by atoms with Crippen LogP contribution in [0.2, 0.25) is 0 Å². The van der Waals surface area contributed by atoms with Gasteiger partial charge in [-0.05, 0) is 59.3 Å². The Balaban J connectivity index is 2.25. The minimum absolute atomic E-state index is 0.0528. The van der Waals surface area contributed by atoms with Gasteiger partial charge in [0.05, 0.1) is 17.9 Å². The van der Waals surface area contributed by atoms with Crippen LogP contribution in [-0.2, 0) is 4.84 Å². The maximum atomic E-state index is 13.7. The molecule has 0 aliphatic carbocycles. The van der Waals surface area contributed by atoms with Crippen molar-refractivity contribution in [1.82, 2.24) is 5.48 Å². The molecule has 0 spiro atoms. The summed E-state index contributed by atoms with van der Waals surface area (Å²) in [6.45, 7) is 0.939. The van der Waals surface area contributed by atoms with Crippen LogP contribution in [0.25, 0.3) is 0 Å². The van der Waals surface area contributed by atoms with Gasteiger partial charge in [-0.1, -0.05) is 0 Å². The number of nitrogens with one attached hydrogen (secondary N) is 2. The van der Waals surface area contributed by atoms with Crippen LogP contribution in [0.1, 0.15) is 15.9 Å². The molecule has 0 bridgehead atoms. The van der Waals surface area contributed by atoms with Crippen molar-refractivity contribution < 1.29 is 28.6 Å². The van der Waals surface area contributed by atoms with Gasteiger partial charge < -0.3 is 15.5 Å². The standard InChI is InChI=1S/C17H17F2IN2O4/c1-9-4-10(20)2-3-15(9)21-16-6-14(19)13(18)5-12(16)17(25)22-26-8-11(24)7-23/h2-6,11,21,23-24H,7-8H2,1H3,(H,22,25). The average molecular weight is 478 g/mol. The highest BCUT2D eigenvalue weighted by Crippen LogP contribution is 2.27. The van der Waals surface area contributed by atoms with Gasteiger partial charge in [-0.15, -0.1) is 0 Å². The Morgan fingerprint density at radius 2 is 1.92 bits per heavy atom. The van der Waals surface area contributed by atoms with E-state index in [-0.39, 0.29) is 17.9 Å². The zero-order valence-electron chi connectivity index (χ0n) is 13.7. The van der Waals surface area contributed by atoms with Crippen molar-refractivity contribution in [1.29, 1.82) is 0 Å². The van der Waals surface area contributed by atoms with Crippen LogP contribution in [0.3, 0.4) is 0 Å². The molecule has 140 valence electrons. The highest BCUT2D eigenvalue weighted by atomic mass is 127. The zero-order valence-corrected chi connectivity index (χ0v) is 15.9. The minimum atomic E-state index is -1.18. The van der Waals surface area contributed by atoms with Gasteiger partial charge in [-0.25, -0.2) is 14.3 Å². The smallest absolute Gasteiger partial charge is 0.277 e. The van der Waals surface area contributed by atoms with E-state index in [1.165, 1.54) is 0 Å². The topological polar surface area (TPSA) is 90.8 Å². The molecule has 1 unspecified atom stereocenters. The number of carbonyl (C=O) groups is 1. The van der Waals surface area contributed by atoms with Crippen molar-refractivity contribution in [2.24, 2.45) is 0 Å². The summed E-state index contributed by atoms with van der Waals surface area (Å²) >= 11 is 2.15. The van der Waals surface area contributed by atoms with E-state index in [4.69, 9.17) is 9.94 Å². The molecule has 0 aromatic heterocycles. The molecule has 4 N–H and O–H groups in total. The van der Waals surface area contributed by atoms with Gasteiger partial charge in [-0.2, -0.15) is 0 Å². The number of aliphatic hydroxyl groups excluding tert-OH is 2. The third kappa shape index (κ3) is 5.34. The van der Waals surface area contributed by atoms with Crippen LogP contribution < -0.4 is 10.8 Å². The SMILES string of the molecule is Cc1cc(I)ccc1Nc1cc(F)c(F)cc1C(=O)NOCC(O)CO. The highest BCUT2D eigenvalue weighted by Gasteiger charge is 2.17. The third-order valence-corrected chi connectivity index (χ3v) is 4.09. The van der Waals surface area contributed by atoms with Gasteiger partial charge in [0.25, 0.3) is 5.91 Å². The number of aryl methyl sites for hydroxylation is 1. The number of amides is 1. The Morgan fingerprint density at radius 3 is 2.58 bits per heavy atom. The predicted molar refractivity (Wildman–Crippen MR) is 100 cm³/mol. The van der Waals surface area contributed by atoms with Crippen molar-refractivity contribution in [3.05, 3.63) is 56.7 Å².